The maximum atomic E-state index is 12.0. The predicted molar refractivity (Wildman–Crippen MR) is 98.1 cm³/mol. The number of nitrogens with one attached hydrogen (secondary N) is 2. The van der Waals surface area contributed by atoms with Crippen molar-refractivity contribution in [3.63, 3.8) is 0 Å². The van der Waals surface area contributed by atoms with Crippen LogP contribution < -0.4 is 15.4 Å². The first-order valence-corrected chi connectivity index (χ1v) is 7.99. The standard InChI is InChI=1S/C18H24N4O3/c1-13-5-4-10-19-17(13)21-18(24)20-14-6-8-16(9-7-14)25-12-15(23)11-22(2)3/h4-10,15,23H,11-12H2,1-3H3,(H2,19,20,21,24). The van der Waals surface area contributed by atoms with Crippen LogP contribution in [0.3, 0.4) is 0 Å². The zero-order chi connectivity index (χ0) is 18.2. The first-order chi connectivity index (χ1) is 11.9. The molecule has 0 bridgehead atoms. The number of aryl methyl sites for hydroxylation is 1. The molecule has 1 unspecified atom stereocenters. The quantitative estimate of drug-likeness (QED) is 0.718. The second-order valence-corrected chi connectivity index (χ2v) is 6.00. The number of anilines is 2. The SMILES string of the molecule is Cc1cccnc1NC(=O)Nc1ccc(OCC(O)CN(C)C)cc1. The van der Waals surface area contributed by atoms with Gasteiger partial charge in [-0.3, -0.25) is 5.32 Å². The van der Waals surface area contributed by atoms with E-state index in [9.17, 15) is 9.90 Å². The van der Waals surface area contributed by atoms with E-state index < -0.39 is 6.10 Å². The third kappa shape index (κ3) is 6.40. The van der Waals surface area contributed by atoms with Crippen LogP contribution in [0.4, 0.5) is 16.3 Å². The van der Waals surface area contributed by atoms with Gasteiger partial charge in [0.15, 0.2) is 0 Å². The second-order valence-electron chi connectivity index (χ2n) is 6.00. The van der Waals surface area contributed by atoms with Crippen molar-refractivity contribution in [3.8, 4) is 5.75 Å². The summed E-state index contributed by atoms with van der Waals surface area (Å²) < 4.78 is 5.53. The lowest BCUT2D eigenvalue weighted by molar-refractivity contribution is 0.0831. The van der Waals surface area contributed by atoms with E-state index >= 15 is 0 Å². The summed E-state index contributed by atoms with van der Waals surface area (Å²) in [5.41, 5.74) is 1.52. The number of aliphatic hydroxyl groups is 1. The van der Waals surface area contributed by atoms with Crippen molar-refractivity contribution < 1.29 is 14.6 Å². The van der Waals surface area contributed by atoms with E-state index in [0.717, 1.165) is 5.56 Å². The first-order valence-electron chi connectivity index (χ1n) is 7.99. The van der Waals surface area contributed by atoms with E-state index in [0.29, 0.717) is 23.8 Å². The van der Waals surface area contributed by atoms with Gasteiger partial charge in [0.1, 0.15) is 24.3 Å². The number of pyridine rings is 1. The summed E-state index contributed by atoms with van der Waals surface area (Å²) in [5.74, 6) is 1.15. The van der Waals surface area contributed by atoms with Gasteiger partial charge in [-0.25, -0.2) is 9.78 Å². The van der Waals surface area contributed by atoms with Gasteiger partial charge in [0.2, 0.25) is 0 Å². The number of hydrogen-bond acceptors (Lipinski definition) is 5. The van der Waals surface area contributed by atoms with Gasteiger partial charge in [0.05, 0.1) is 0 Å². The van der Waals surface area contributed by atoms with E-state index in [1.165, 1.54) is 0 Å². The van der Waals surface area contributed by atoms with E-state index in [-0.39, 0.29) is 12.6 Å². The van der Waals surface area contributed by atoms with Gasteiger partial charge < -0.3 is 20.1 Å². The second kappa shape index (κ2) is 9.00. The van der Waals surface area contributed by atoms with Gasteiger partial charge in [0, 0.05) is 18.4 Å². The average molecular weight is 344 g/mol. The molecule has 134 valence electrons. The molecule has 1 aromatic carbocycles. The molecule has 0 aliphatic carbocycles. The van der Waals surface area contributed by atoms with Crippen molar-refractivity contribution in [1.82, 2.24) is 9.88 Å². The molecule has 1 aromatic heterocycles. The number of likely N-dealkylation sites (N-methyl/N-ethyl adjacent to an activating group) is 1. The molecule has 0 radical (unpaired) electrons. The third-order valence-corrected chi connectivity index (χ3v) is 3.37. The molecule has 25 heavy (non-hydrogen) atoms. The third-order valence-electron chi connectivity index (χ3n) is 3.37. The normalized spacial score (nSPS) is 11.9. The Kier molecular flexibility index (Phi) is 6.73. The highest BCUT2D eigenvalue weighted by molar-refractivity contribution is 5.99. The molecule has 2 amide bonds. The maximum absolute atomic E-state index is 12.0. The Hall–Kier alpha value is -2.64. The van der Waals surface area contributed by atoms with Crippen LogP contribution in [0, 0.1) is 6.92 Å². The van der Waals surface area contributed by atoms with Crippen molar-refractivity contribution in [2.75, 3.05) is 37.9 Å². The number of urea groups is 1. The Balaban J connectivity index is 1.83. The molecule has 0 fully saturated rings. The summed E-state index contributed by atoms with van der Waals surface area (Å²) in [6.07, 6.45) is 1.07. The molecule has 2 aromatic rings. The number of aromatic nitrogens is 1. The first kappa shape index (κ1) is 18.7. The summed E-state index contributed by atoms with van der Waals surface area (Å²) in [6, 6.07) is 10.3. The zero-order valence-electron chi connectivity index (χ0n) is 14.7. The Morgan fingerprint density at radius 2 is 1.96 bits per heavy atom. The molecular formula is C18H24N4O3. The fourth-order valence-corrected chi connectivity index (χ4v) is 2.19. The minimum Gasteiger partial charge on any atom is -0.491 e. The van der Waals surface area contributed by atoms with Crippen LogP contribution in [0.1, 0.15) is 5.56 Å². The number of carbonyl (C=O) groups is 1. The number of hydrogen-bond donors (Lipinski definition) is 3. The number of rotatable bonds is 7. The molecule has 0 aliphatic heterocycles. The van der Waals surface area contributed by atoms with Crippen molar-refractivity contribution in [3.05, 3.63) is 48.2 Å². The number of ether oxygens (including phenoxy) is 1. The highest BCUT2D eigenvalue weighted by Gasteiger charge is 2.08. The number of amides is 2. The van der Waals surface area contributed by atoms with Gasteiger partial charge in [-0.15, -0.1) is 0 Å². The molecule has 0 saturated heterocycles. The average Bonchev–Trinajstić information content (AvgIpc) is 2.56. The summed E-state index contributed by atoms with van der Waals surface area (Å²) in [5, 5.41) is 15.2. The van der Waals surface area contributed by atoms with Crippen molar-refractivity contribution >= 4 is 17.5 Å². The van der Waals surface area contributed by atoms with Crippen LogP contribution in [-0.4, -0.2) is 54.4 Å². The molecule has 3 N–H and O–H groups in total. The minimum absolute atomic E-state index is 0.213. The van der Waals surface area contributed by atoms with Crippen molar-refractivity contribution in [2.24, 2.45) is 0 Å². The molecule has 7 heteroatoms. The number of benzene rings is 1. The fourth-order valence-electron chi connectivity index (χ4n) is 2.19. The lowest BCUT2D eigenvalue weighted by Gasteiger charge is -2.16. The van der Waals surface area contributed by atoms with Crippen LogP contribution in [0.2, 0.25) is 0 Å². The van der Waals surface area contributed by atoms with Crippen LogP contribution >= 0.6 is 0 Å². The molecule has 0 spiro atoms. The largest absolute Gasteiger partial charge is 0.491 e. The monoisotopic (exact) mass is 344 g/mol. The molecule has 0 saturated carbocycles. The Bertz CT molecular complexity index is 689. The Morgan fingerprint density at radius 1 is 1.24 bits per heavy atom. The zero-order valence-corrected chi connectivity index (χ0v) is 14.7. The number of aliphatic hydroxyl groups excluding tert-OH is 1. The minimum atomic E-state index is -0.555. The summed E-state index contributed by atoms with van der Waals surface area (Å²) in [7, 11) is 3.78. The topological polar surface area (TPSA) is 86.7 Å². The van der Waals surface area contributed by atoms with Crippen molar-refractivity contribution in [2.45, 2.75) is 13.0 Å². The van der Waals surface area contributed by atoms with E-state index in [2.05, 4.69) is 15.6 Å². The summed E-state index contributed by atoms with van der Waals surface area (Å²) in [4.78, 5) is 18.0. The molecule has 2 rings (SSSR count). The van der Waals surface area contributed by atoms with E-state index in [1.54, 1.807) is 30.5 Å². The molecule has 7 nitrogen and oxygen atoms in total. The van der Waals surface area contributed by atoms with Gasteiger partial charge in [-0.2, -0.15) is 0 Å². The highest BCUT2D eigenvalue weighted by atomic mass is 16.5. The lowest BCUT2D eigenvalue weighted by Crippen LogP contribution is -2.30. The Labute approximate surface area is 147 Å². The molecular weight excluding hydrogens is 320 g/mol. The van der Waals surface area contributed by atoms with Gasteiger partial charge in [-0.05, 0) is 56.9 Å². The van der Waals surface area contributed by atoms with Crippen LogP contribution in [0.15, 0.2) is 42.6 Å². The lowest BCUT2D eigenvalue weighted by atomic mass is 10.3. The van der Waals surface area contributed by atoms with Crippen LogP contribution in [0.25, 0.3) is 0 Å². The highest BCUT2D eigenvalue weighted by Crippen LogP contribution is 2.16. The molecule has 0 aliphatic rings. The van der Waals surface area contributed by atoms with Crippen LogP contribution in [-0.2, 0) is 0 Å². The van der Waals surface area contributed by atoms with Crippen LogP contribution in [0.5, 0.6) is 5.75 Å². The fraction of sp³-hybridized carbons (Fsp3) is 0.333. The van der Waals surface area contributed by atoms with E-state index in [4.69, 9.17) is 4.74 Å². The summed E-state index contributed by atoms with van der Waals surface area (Å²) in [6.45, 7) is 2.62. The molecule has 1 atom stereocenters. The number of carbonyl (C=O) groups excluding carboxylic acids is 1. The van der Waals surface area contributed by atoms with Crippen molar-refractivity contribution in [1.29, 1.82) is 0 Å². The smallest absolute Gasteiger partial charge is 0.324 e. The number of nitrogens with zero attached hydrogens (tertiary/aromatic N) is 2. The van der Waals surface area contributed by atoms with Gasteiger partial charge in [-0.1, -0.05) is 6.07 Å². The summed E-state index contributed by atoms with van der Waals surface area (Å²) >= 11 is 0. The van der Waals surface area contributed by atoms with Gasteiger partial charge >= 0.3 is 6.03 Å². The predicted octanol–water partition coefficient (Wildman–Crippen LogP) is 2.34. The van der Waals surface area contributed by atoms with Gasteiger partial charge in [0.25, 0.3) is 0 Å². The maximum Gasteiger partial charge on any atom is 0.324 e. The molecule has 1 heterocycles. The van der Waals surface area contributed by atoms with E-state index in [1.807, 2.05) is 38.1 Å². The Morgan fingerprint density at radius 3 is 2.60 bits per heavy atom.